The van der Waals surface area contributed by atoms with Crippen LogP contribution in [0.25, 0.3) is 0 Å². The van der Waals surface area contributed by atoms with Gasteiger partial charge in [0.1, 0.15) is 0 Å². The fourth-order valence-corrected chi connectivity index (χ4v) is 4.79. The minimum absolute atomic E-state index is 0.0421. The van der Waals surface area contributed by atoms with Crippen molar-refractivity contribution in [1.82, 2.24) is 0 Å². The van der Waals surface area contributed by atoms with Gasteiger partial charge < -0.3 is 5.32 Å². The van der Waals surface area contributed by atoms with Crippen LogP contribution >= 0.6 is 38.9 Å². The van der Waals surface area contributed by atoms with E-state index in [2.05, 4.69) is 32.7 Å². The Hall–Kier alpha value is -0.840. The Balaban J connectivity index is 2.04. The summed E-state index contributed by atoms with van der Waals surface area (Å²) < 4.78 is 0. The highest BCUT2D eigenvalue weighted by atomic mass is 79.9. The molecule has 1 aliphatic heterocycles. The van der Waals surface area contributed by atoms with Gasteiger partial charge in [-0.2, -0.15) is 0 Å². The third kappa shape index (κ3) is 2.33. The monoisotopic (exact) mass is 383 g/mol. The molecule has 0 spiro atoms. The lowest BCUT2D eigenvalue weighted by Crippen LogP contribution is -2.26. The van der Waals surface area contributed by atoms with Crippen molar-refractivity contribution in [3.63, 3.8) is 0 Å². The summed E-state index contributed by atoms with van der Waals surface area (Å²) in [6, 6.07) is 6.10. The first-order valence-corrected chi connectivity index (χ1v) is 8.83. The molecule has 3 rings (SSSR count). The van der Waals surface area contributed by atoms with Crippen molar-refractivity contribution in [1.29, 1.82) is 0 Å². The number of nitrogens with one attached hydrogen (secondary N) is 1. The lowest BCUT2D eigenvalue weighted by Gasteiger charge is -2.17. The van der Waals surface area contributed by atoms with Crippen LogP contribution in [0.15, 0.2) is 23.6 Å². The molecule has 2 heterocycles. The molecule has 1 aromatic heterocycles. The van der Waals surface area contributed by atoms with Crippen LogP contribution in [-0.2, 0) is 10.2 Å². The number of alkyl halides is 1. The molecule has 0 saturated carbocycles. The topological polar surface area (TPSA) is 29.1 Å². The first-order chi connectivity index (χ1) is 9.82. The van der Waals surface area contributed by atoms with Gasteiger partial charge in [-0.3, -0.25) is 4.79 Å². The maximum absolute atomic E-state index is 12.0. The average Bonchev–Trinajstić information content (AvgIpc) is 2.88. The summed E-state index contributed by atoms with van der Waals surface area (Å²) in [6.45, 7) is 5.91. The molecule has 1 atom stereocenters. The summed E-state index contributed by atoms with van der Waals surface area (Å²) in [4.78, 5) is 13.2. The molecule has 0 radical (unpaired) electrons. The van der Waals surface area contributed by atoms with Crippen LogP contribution in [0, 0.1) is 6.92 Å². The Morgan fingerprint density at radius 3 is 2.71 bits per heavy atom. The van der Waals surface area contributed by atoms with Crippen molar-refractivity contribution in [3.05, 3.63) is 50.2 Å². The van der Waals surface area contributed by atoms with E-state index in [1.165, 1.54) is 0 Å². The van der Waals surface area contributed by atoms with Gasteiger partial charge in [-0.25, -0.2) is 0 Å². The summed E-state index contributed by atoms with van der Waals surface area (Å²) in [7, 11) is 0. The van der Waals surface area contributed by atoms with Crippen molar-refractivity contribution in [2.45, 2.75) is 31.0 Å². The molecule has 1 aromatic carbocycles. The molecule has 21 heavy (non-hydrogen) atoms. The summed E-state index contributed by atoms with van der Waals surface area (Å²) >= 11 is 11.8. The van der Waals surface area contributed by atoms with Crippen LogP contribution in [0.3, 0.4) is 0 Å². The van der Waals surface area contributed by atoms with Crippen LogP contribution in [0.1, 0.15) is 40.2 Å². The van der Waals surface area contributed by atoms with Gasteiger partial charge in [-0.15, -0.1) is 11.3 Å². The third-order valence-corrected chi connectivity index (χ3v) is 7.05. The second kappa shape index (κ2) is 5.11. The highest BCUT2D eigenvalue weighted by molar-refractivity contribution is 9.09. The van der Waals surface area contributed by atoms with Gasteiger partial charge >= 0.3 is 0 Å². The molecule has 0 fully saturated rings. The molecule has 1 amide bonds. The lowest BCUT2D eigenvalue weighted by molar-refractivity contribution is -0.119. The minimum atomic E-state index is -0.493. The smallest absolute Gasteiger partial charge is 0.234 e. The van der Waals surface area contributed by atoms with Crippen LogP contribution in [0.2, 0.25) is 5.02 Å². The Labute approximate surface area is 141 Å². The van der Waals surface area contributed by atoms with Crippen molar-refractivity contribution < 1.29 is 4.79 Å². The molecule has 0 bridgehead atoms. The van der Waals surface area contributed by atoms with E-state index in [9.17, 15) is 4.79 Å². The van der Waals surface area contributed by atoms with Gasteiger partial charge in [-0.05, 0) is 48.9 Å². The van der Waals surface area contributed by atoms with E-state index in [1.54, 1.807) is 11.3 Å². The molecular formula is C16H15BrClNOS. The molecular weight excluding hydrogens is 370 g/mol. The maximum atomic E-state index is 12.0. The largest absolute Gasteiger partial charge is 0.325 e. The Bertz CT molecular complexity index is 738. The van der Waals surface area contributed by atoms with Gasteiger partial charge in [-0.1, -0.05) is 39.7 Å². The van der Waals surface area contributed by atoms with Crippen LogP contribution in [0.4, 0.5) is 5.69 Å². The summed E-state index contributed by atoms with van der Waals surface area (Å²) in [5.74, 6) is 0.0470. The van der Waals surface area contributed by atoms with E-state index in [1.807, 2.05) is 32.9 Å². The molecule has 1 N–H and O–H groups in total. The number of carbonyl (C=O) groups excluding carboxylic acids is 1. The van der Waals surface area contributed by atoms with E-state index in [0.29, 0.717) is 0 Å². The number of hydrogen-bond acceptors (Lipinski definition) is 2. The van der Waals surface area contributed by atoms with Gasteiger partial charge in [0, 0.05) is 10.6 Å². The van der Waals surface area contributed by atoms with Crippen LogP contribution in [-0.4, -0.2) is 5.91 Å². The molecule has 1 aliphatic rings. The number of hydrogen-bond donors (Lipinski definition) is 1. The van der Waals surface area contributed by atoms with Gasteiger partial charge in [0.05, 0.1) is 15.3 Å². The number of rotatable bonds is 2. The Morgan fingerprint density at radius 1 is 1.38 bits per heavy atom. The van der Waals surface area contributed by atoms with Gasteiger partial charge in [0.15, 0.2) is 0 Å². The SMILES string of the molecule is Cc1csc(C(Br)c2ccc3c(c2)C(C)(C)C(=O)N3)c1Cl. The zero-order valence-corrected chi connectivity index (χ0v) is 15.1. The normalized spacial score (nSPS) is 17.5. The standard InChI is InChI=1S/C16H15BrClNOS/c1-8-7-21-14(13(8)18)12(17)9-4-5-11-10(6-9)16(2,3)15(20)19-11/h4-7,12H,1-3H3,(H,19,20). The zero-order chi connectivity index (χ0) is 15.4. The lowest BCUT2D eigenvalue weighted by atomic mass is 9.85. The number of amides is 1. The number of fused-ring (bicyclic) bond motifs is 1. The number of benzene rings is 1. The number of thiophene rings is 1. The predicted molar refractivity (Wildman–Crippen MR) is 92.9 cm³/mol. The van der Waals surface area contributed by atoms with Crippen molar-refractivity contribution in [3.8, 4) is 0 Å². The summed E-state index contributed by atoms with van der Waals surface area (Å²) in [6.07, 6.45) is 0. The molecule has 2 nitrogen and oxygen atoms in total. The minimum Gasteiger partial charge on any atom is -0.325 e. The third-order valence-electron chi connectivity index (χ3n) is 3.98. The number of carbonyl (C=O) groups is 1. The first kappa shape index (κ1) is 15.1. The average molecular weight is 385 g/mol. The quantitative estimate of drug-likeness (QED) is 0.688. The number of aryl methyl sites for hydroxylation is 1. The summed E-state index contributed by atoms with van der Waals surface area (Å²) in [5, 5.41) is 5.81. The van der Waals surface area contributed by atoms with E-state index < -0.39 is 5.41 Å². The van der Waals surface area contributed by atoms with Gasteiger partial charge in [0.2, 0.25) is 5.91 Å². The number of anilines is 1. The highest BCUT2D eigenvalue weighted by Gasteiger charge is 2.38. The summed E-state index contributed by atoms with van der Waals surface area (Å²) in [5.41, 5.74) is 3.66. The van der Waals surface area contributed by atoms with Crippen LogP contribution < -0.4 is 5.32 Å². The van der Waals surface area contributed by atoms with E-state index >= 15 is 0 Å². The molecule has 1 unspecified atom stereocenters. The number of halogens is 2. The molecule has 2 aromatic rings. The fourth-order valence-electron chi connectivity index (χ4n) is 2.52. The molecule has 5 heteroatoms. The highest BCUT2D eigenvalue weighted by Crippen LogP contribution is 2.44. The van der Waals surface area contributed by atoms with Crippen molar-refractivity contribution in [2.75, 3.05) is 5.32 Å². The van der Waals surface area contributed by atoms with Crippen molar-refractivity contribution >= 4 is 50.5 Å². The molecule has 0 aliphatic carbocycles. The van der Waals surface area contributed by atoms with E-state index in [-0.39, 0.29) is 10.7 Å². The van der Waals surface area contributed by atoms with E-state index in [4.69, 9.17) is 11.6 Å². The Kier molecular flexibility index (Phi) is 3.67. The fraction of sp³-hybridized carbons (Fsp3) is 0.312. The second-order valence-electron chi connectivity index (χ2n) is 5.84. The first-order valence-electron chi connectivity index (χ1n) is 6.66. The molecule has 0 saturated heterocycles. The predicted octanol–water partition coefficient (Wildman–Crippen LogP) is 5.42. The van der Waals surface area contributed by atoms with Gasteiger partial charge in [0.25, 0.3) is 0 Å². The van der Waals surface area contributed by atoms with Crippen LogP contribution in [0.5, 0.6) is 0 Å². The van der Waals surface area contributed by atoms with Crippen molar-refractivity contribution in [2.24, 2.45) is 0 Å². The molecule has 110 valence electrons. The maximum Gasteiger partial charge on any atom is 0.234 e. The van der Waals surface area contributed by atoms with E-state index in [0.717, 1.165) is 32.3 Å². The second-order valence-corrected chi connectivity index (χ2v) is 8.05. The zero-order valence-electron chi connectivity index (χ0n) is 12.0. The Morgan fingerprint density at radius 2 is 2.10 bits per heavy atom.